The van der Waals surface area contributed by atoms with E-state index in [1.54, 1.807) is 38.1 Å². The molecule has 0 aliphatic carbocycles. The normalized spacial score (nSPS) is 13.5. The standard InChI is InChI=1S/C35H48N8O7S/c1-20(2)17-25(29(45)33-41-23-13-8-9-15-27(23)51-33)39-32(48)28(21(3)4)43-31(47)26(18-44)40-30(46)24(14-10-16-38-34(36)37)42-35(49)50-19-22-11-6-5-7-12-22/h5-9,11-13,15,20-21,24-26,28,44H,10,14,16-19H2,1-4H3,(H,39,48)(H,40,46)(H,42,49)(H,43,47)(H4,36,37,38)/t24-,25-,26-,28-/m0/s1. The van der Waals surface area contributed by atoms with Gasteiger partial charge in [0.2, 0.25) is 23.5 Å². The summed E-state index contributed by atoms with van der Waals surface area (Å²) in [5.74, 6) is -3.10. The number of carbonyl (C=O) groups excluding carboxylic acids is 5. The molecule has 0 spiro atoms. The lowest BCUT2D eigenvalue weighted by atomic mass is 9.98. The third-order valence-corrected chi connectivity index (χ3v) is 8.72. The maximum absolute atomic E-state index is 13.6. The van der Waals surface area contributed by atoms with Crippen molar-refractivity contribution in [3.05, 3.63) is 65.2 Å². The van der Waals surface area contributed by atoms with Gasteiger partial charge in [-0.2, -0.15) is 0 Å². The quantitative estimate of drug-likeness (QED) is 0.0410. The molecule has 0 unspecified atom stereocenters. The predicted molar refractivity (Wildman–Crippen MR) is 195 cm³/mol. The highest BCUT2D eigenvalue weighted by Gasteiger charge is 2.33. The van der Waals surface area contributed by atoms with Crippen molar-refractivity contribution in [2.75, 3.05) is 13.2 Å². The number of aliphatic imine (C=N–C) groups is 1. The Morgan fingerprint density at radius 2 is 1.49 bits per heavy atom. The van der Waals surface area contributed by atoms with Crippen LogP contribution in [-0.4, -0.2) is 83.0 Å². The number of carbonyl (C=O) groups is 5. The average Bonchev–Trinajstić information content (AvgIpc) is 3.53. The zero-order valence-electron chi connectivity index (χ0n) is 29.3. The van der Waals surface area contributed by atoms with Gasteiger partial charge in [0.25, 0.3) is 0 Å². The molecule has 9 N–H and O–H groups in total. The number of rotatable bonds is 19. The number of amides is 4. The molecular weight excluding hydrogens is 677 g/mol. The van der Waals surface area contributed by atoms with Crippen LogP contribution >= 0.6 is 11.3 Å². The van der Waals surface area contributed by atoms with E-state index in [9.17, 15) is 29.1 Å². The summed E-state index contributed by atoms with van der Waals surface area (Å²) in [7, 11) is 0. The monoisotopic (exact) mass is 724 g/mol. The van der Waals surface area contributed by atoms with Gasteiger partial charge in [0, 0.05) is 6.54 Å². The van der Waals surface area contributed by atoms with E-state index in [0.717, 1.165) is 10.3 Å². The molecule has 0 saturated heterocycles. The van der Waals surface area contributed by atoms with E-state index < -0.39 is 60.5 Å². The Morgan fingerprint density at radius 3 is 2.12 bits per heavy atom. The fraction of sp³-hybridized carbons (Fsp3) is 0.457. The lowest BCUT2D eigenvalue weighted by molar-refractivity contribution is -0.134. The van der Waals surface area contributed by atoms with Gasteiger partial charge in [-0.05, 0) is 48.8 Å². The summed E-state index contributed by atoms with van der Waals surface area (Å²) in [6.07, 6.45) is -0.188. The summed E-state index contributed by atoms with van der Waals surface area (Å²) in [6.45, 7) is 6.58. The molecule has 0 fully saturated rings. The zero-order valence-corrected chi connectivity index (χ0v) is 30.1. The summed E-state index contributed by atoms with van der Waals surface area (Å²) in [5.41, 5.74) is 12.2. The fourth-order valence-corrected chi connectivity index (χ4v) is 5.99. The van der Waals surface area contributed by atoms with Gasteiger partial charge < -0.3 is 42.6 Å². The third-order valence-electron chi connectivity index (χ3n) is 7.67. The number of fused-ring (bicyclic) bond motifs is 1. The molecule has 1 aromatic heterocycles. The first kappa shape index (κ1) is 40.3. The maximum Gasteiger partial charge on any atom is 0.408 e. The molecule has 0 radical (unpaired) electrons. The molecule has 1 heterocycles. The number of para-hydroxylation sites is 1. The van der Waals surface area contributed by atoms with Gasteiger partial charge in [-0.15, -0.1) is 11.3 Å². The molecule has 2 aromatic carbocycles. The Balaban J connectivity index is 1.69. The van der Waals surface area contributed by atoms with E-state index in [-0.39, 0.29) is 48.7 Å². The van der Waals surface area contributed by atoms with Crippen molar-refractivity contribution in [3.8, 4) is 0 Å². The van der Waals surface area contributed by atoms with Crippen molar-refractivity contribution in [2.24, 2.45) is 28.3 Å². The van der Waals surface area contributed by atoms with Gasteiger partial charge in [0.05, 0.1) is 22.9 Å². The number of Topliss-reactive ketones (excluding diaryl/α,β-unsaturated/α-hetero) is 1. The summed E-state index contributed by atoms with van der Waals surface area (Å²) in [4.78, 5) is 74.9. The Morgan fingerprint density at radius 1 is 0.843 bits per heavy atom. The Bertz CT molecular complexity index is 1630. The van der Waals surface area contributed by atoms with Crippen molar-refractivity contribution in [3.63, 3.8) is 0 Å². The number of nitrogens with two attached hydrogens (primary N) is 2. The topological polar surface area (TPSA) is 240 Å². The fourth-order valence-electron chi connectivity index (χ4n) is 5.03. The number of hydrogen-bond donors (Lipinski definition) is 7. The minimum atomic E-state index is -1.48. The molecule has 0 saturated carbocycles. The first-order valence-electron chi connectivity index (χ1n) is 16.7. The van der Waals surface area contributed by atoms with Crippen molar-refractivity contribution >= 4 is 57.1 Å². The molecule has 0 bridgehead atoms. The Labute approximate surface area is 301 Å². The maximum atomic E-state index is 13.6. The SMILES string of the molecule is CC(C)C[C@H](NC(=O)[C@@H](NC(=O)[C@H](CO)NC(=O)[C@H](CCCN=C(N)N)NC(=O)OCc1ccccc1)C(C)C)C(=O)c1nc2ccccc2s1. The largest absolute Gasteiger partial charge is 0.445 e. The highest BCUT2D eigenvalue weighted by molar-refractivity contribution is 7.20. The van der Waals surface area contributed by atoms with E-state index in [0.29, 0.717) is 11.9 Å². The van der Waals surface area contributed by atoms with Crippen LogP contribution in [0.4, 0.5) is 4.79 Å². The third kappa shape index (κ3) is 12.9. The summed E-state index contributed by atoms with van der Waals surface area (Å²) < 4.78 is 6.10. The number of hydrogen-bond acceptors (Lipinski definition) is 10. The number of nitrogens with zero attached hydrogens (tertiary/aromatic N) is 2. The van der Waals surface area contributed by atoms with Crippen LogP contribution in [0.1, 0.15) is 62.3 Å². The average molecular weight is 725 g/mol. The number of guanidine groups is 1. The van der Waals surface area contributed by atoms with E-state index in [1.165, 1.54) is 11.3 Å². The second-order valence-electron chi connectivity index (χ2n) is 12.7. The lowest BCUT2D eigenvalue weighted by Gasteiger charge is -2.27. The molecule has 4 amide bonds. The Hall–Kier alpha value is -5.09. The van der Waals surface area contributed by atoms with Gasteiger partial charge in [-0.3, -0.25) is 24.2 Å². The zero-order chi connectivity index (χ0) is 37.5. The molecule has 3 rings (SSSR count). The van der Waals surface area contributed by atoms with Crippen molar-refractivity contribution < 1.29 is 33.8 Å². The van der Waals surface area contributed by atoms with Crippen molar-refractivity contribution in [1.82, 2.24) is 26.3 Å². The number of ether oxygens (including phenoxy) is 1. The minimum Gasteiger partial charge on any atom is -0.445 e. The van der Waals surface area contributed by atoms with Gasteiger partial charge in [0.1, 0.15) is 24.7 Å². The molecule has 3 aromatic rings. The summed E-state index contributed by atoms with van der Waals surface area (Å²) in [6, 6.07) is 11.6. The van der Waals surface area contributed by atoms with Gasteiger partial charge in [0.15, 0.2) is 11.0 Å². The summed E-state index contributed by atoms with van der Waals surface area (Å²) >= 11 is 1.24. The molecule has 276 valence electrons. The van der Waals surface area contributed by atoms with Crippen molar-refractivity contribution in [1.29, 1.82) is 0 Å². The molecule has 0 aliphatic heterocycles. The number of aromatic nitrogens is 1. The van der Waals surface area contributed by atoms with Crippen LogP contribution in [0.25, 0.3) is 10.2 Å². The van der Waals surface area contributed by atoms with Crippen LogP contribution in [0.5, 0.6) is 0 Å². The first-order valence-corrected chi connectivity index (χ1v) is 17.5. The molecule has 16 heteroatoms. The highest BCUT2D eigenvalue weighted by Crippen LogP contribution is 2.24. The van der Waals surface area contributed by atoms with E-state index in [4.69, 9.17) is 16.2 Å². The van der Waals surface area contributed by atoms with Crippen LogP contribution in [0.2, 0.25) is 0 Å². The number of alkyl carbamates (subject to hydrolysis) is 1. The lowest BCUT2D eigenvalue weighted by Crippen LogP contribution is -2.59. The van der Waals surface area contributed by atoms with Crippen LogP contribution < -0.4 is 32.7 Å². The molecular formula is C35H48N8O7S. The number of ketones is 1. The number of aliphatic hydroxyl groups is 1. The first-order chi connectivity index (χ1) is 24.3. The molecule has 15 nitrogen and oxygen atoms in total. The van der Waals surface area contributed by atoms with Crippen LogP contribution in [0.15, 0.2) is 59.6 Å². The smallest absolute Gasteiger partial charge is 0.408 e. The van der Waals surface area contributed by atoms with Gasteiger partial charge in [-0.25, -0.2) is 9.78 Å². The predicted octanol–water partition coefficient (Wildman–Crippen LogP) is 1.98. The highest BCUT2D eigenvalue weighted by atomic mass is 32.1. The molecule has 0 aliphatic rings. The number of benzene rings is 2. The second kappa shape index (κ2) is 19.9. The van der Waals surface area contributed by atoms with Gasteiger partial charge in [-0.1, -0.05) is 70.2 Å². The molecule has 4 atom stereocenters. The number of thiazole rings is 1. The van der Waals surface area contributed by atoms with E-state index >= 15 is 0 Å². The van der Waals surface area contributed by atoms with Crippen LogP contribution in [-0.2, 0) is 25.7 Å². The summed E-state index contributed by atoms with van der Waals surface area (Å²) in [5, 5.41) is 20.7. The van der Waals surface area contributed by atoms with Gasteiger partial charge >= 0.3 is 6.09 Å². The second-order valence-corrected chi connectivity index (χ2v) is 13.8. The van der Waals surface area contributed by atoms with E-state index in [2.05, 4.69) is 31.2 Å². The van der Waals surface area contributed by atoms with Crippen LogP contribution in [0, 0.1) is 11.8 Å². The van der Waals surface area contributed by atoms with Crippen LogP contribution in [0.3, 0.4) is 0 Å². The molecule has 51 heavy (non-hydrogen) atoms. The number of nitrogens with one attached hydrogen (secondary N) is 4. The Kier molecular flexibility index (Phi) is 15.8. The number of aliphatic hydroxyl groups excluding tert-OH is 1. The van der Waals surface area contributed by atoms with E-state index in [1.807, 2.05) is 44.2 Å². The minimum absolute atomic E-state index is 0.0421. The van der Waals surface area contributed by atoms with Crippen molar-refractivity contribution in [2.45, 2.75) is 77.7 Å².